The lowest BCUT2D eigenvalue weighted by atomic mass is 9.94. The summed E-state index contributed by atoms with van der Waals surface area (Å²) in [4.78, 5) is 4.37. The van der Waals surface area contributed by atoms with Crippen molar-refractivity contribution >= 4 is 29.9 Å². The van der Waals surface area contributed by atoms with Crippen LogP contribution in [0, 0.1) is 11.8 Å². The Balaban J connectivity index is 0.00000192. The summed E-state index contributed by atoms with van der Waals surface area (Å²) in [6, 6.07) is 0.873. The van der Waals surface area contributed by atoms with Crippen molar-refractivity contribution in [3.63, 3.8) is 0 Å². The molecule has 6 heteroatoms. The highest BCUT2D eigenvalue weighted by molar-refractivity contribution is 14.0. The van der Waals surface area contributed by atoms with Gasteiger partial charge in [0.15, 0.2) is 5.96 Å². The first-order valence-corrected chi connectivity index (χ1v) is 8.61. The predicted octanol–water partition coefficient (Wildman–Crippen LogP) is 2.76. The molecular weight excluding hydrogens is 401 g/mol. The molecule has 2 N–H and O–H groups in total. The summed E-state index contributed by atoms with van der Waals surface area (Å²) in [5.41, 5.74) is 2.67. The predicted molar refractivity (Wildman–Crippen MR) is 106 cm³/mol. The zero-order valence-corrected chi connectivity index (χ0v) is 17.0. The first-order chi connectivity index (χ1) is 10.6. The van der Waals surface area contributed by atoms with Crippen LogP contribution in [-0.4, -0.2) is 35.4 Å². The number of guanidine groups is 1. The highest BCUT2D eigenvalue weighted by Crippen LogP contribution is 2.36. The van der Waals surface area contributed by atoms with Crippen molar-refractivity contribution < 1.29 is 0 Å². The fourth-order valence-corrected chi connectivity index (χ4v) is 3.20. The lowest BCUT2D eigenvalue weighted by molar-refractivity contribution is 0.498. The van der Waals surface area contributed by atoms with Crippen LogP contribution in [0.1, 0.15) is 50.9 Å². The lowest BCUT2D eigenvalue weighted by Gasteiger charge is -2.24. The van der Waals surface area contributed by atoms with E-state index in [0.717, 1.165) is 43.6 Å². The monoisotopic (exact) mass is 431 g/mol. The van der Waals surface area contributed by atoms with Gasteiger partial charge in [0.1, 0.15) is 0 Å². The van der Waals surface area contributed by atoms with Crippen molar-refractivity contribution in [2.45, 2.75) is 58.5 Å². The summed E-state index contributed by atoms with van der Waals surface area (Å²) in [7, 11) is 1.85. The van der Waals surface area contributed by atoms with Gasteiger partial charge >= 0.3 is 0 Å². The van der Waals surface area contributed by atoms with Gasteiger partial charge in [-0.1, -0.05) is 6.92 Å². The molecule has 3 unspecified atom stereocenters. The highest BCUT2D eigenvalue weighted by atomic mass is 127. The quantitative estimate of drug-likeness (QED) is 0.438. The number of hydrogen-bond donors (Lipinski definition) is 2. The number of rotatable bonds is 4. The second kappa shape index (κ2) is 7.85. The molecule has 0 amide bonds. The normalized spacial score (nSPS) is 26.5. The van der Waals surface area contributed by atoms with Gasteiger partial charge in [-0.15, -0.1) is 24.0 Å². The second-order valence-electron chi connectivity index (χ2n) is 7.19. The fourth-order valence-electron chi connectivity index (χ4n) is 3.20. The van der Waals surface area contributed by atoms with E-state index in [2.05, 4.69) is 47.3 Å². The zero-order chi connectivity index (χ0) is 15.7. The molecule has 1 fully saturated rings. The fraction of sp³-hybridized carbons (Fsp3) is 0.765. The second-order valence-corrected chi connectivity index (χ2v) is 7.19. The molecule has 3 rings (SSSR count). The molecular formula is C17H30IN5. The number of nitrogens with zero attached hydrogens (tertiary/aromatic N) is 3. The topological polar surface area (TPSA) is 54.2 Å². The third-order valence-corrected chi connectivity index (χ3v) is 5.00. The molecule has 1 heterocycles. The minimum absolute atomic E-state index is 0. The number of aromatic nitrogens is 2. The van der Waals surface area contributed by atoms with E-state index in [1.54, 1.807) is 0 Å². The molecule has 0 radical (unpaired) electrons. The van der Waals surface area contributed by atoms with E-state index in [0.29, 0.717) is 12.1 Å². The van der Waals surface area contributed by atoms with Gasteiger partial charge in [-0.25, -0.2) is 0 Å². The Hall–Kier alpha value is -0.790. The summed E-state index contributed by atoms with van der Waals surface area (Å²) in [5, 5.41) is 11.8. The molecule has 5 nitrogen and oxygen atoms in total. The van der Waals surface area contributed by atoms with Gasteiger partial charge in [0.05, 0.1) is 5.69 Å². The molecule has 0 aromatic carbocycles. The molecule has 0 spiro atoms. The Labute approximate surface area is 156 Å². The summed E-state index contributed by atoms with van der Waals surface area (Å²) < 4.78 is 2.09. The van der Waals surface area contributed by atoms with Crippen LogP contribution in [0.4, 0.5) is 0 Å². The molecule has 1 saturated carbocycles. The van der Waals surface area contributed by atoms with Crippen LogP contribution in [0.5, 0.6) is 0 Å². The van der Waals surface area contributed by atoms with Crippen molar-refractivity contribution in [3.05, 3.63) is 17.5 Å². The lowest BCUT2D eigenvalue weighted by Crippen LogP contribution is -2.46. The Morgan fingerprint density at radius 2 is 2.22 bits per heavy atom. The van der Waals surface area contributed by atoms with Crippen molar-refractivity contribution in [1.29, 1.82) is 0 Å². The summed E-state index contributed by atoms with van der Waals surface area (Å²) in [6.07, 6.45) is 6.82. The van der Waals surface area contributed by atoms with E-state index in [1.807, 2.05) is 7.05 Å². The standard InChI is InChI=1S/C17H29N5.HI/c1-11(2)22-10-13-5-6-15(8-16(13)21-22)20-17(18-4)19-9-14-7-12(14)3;/h10-12,14-15H,5-9H2,1-4H3,(H2,18,19,20);1H. The molecule has 130 valence electrons. The zero-order valence-electron chi connectivity index (χ0n) is 14.7. The van der Waals surface area contributed by atoms with Gasteiger partial charge in [0.25, 0.3) is 0 Å². The van der Waals surface area contributed by atoms with Crippen LogP contribution in [0.25, 0.3) is 0 Å². The Bertz CT molecular complexity index is 551. The molecule has 2 aliphatic carbocycles. The largest absolute Gasteiger partial charge is 0.356 e. The maximum Gasteiger partial charge on any atom is 0.191 e. The van der Waals surface area contributed by atoms with Crippen LogP contribution in [0.3, 0.4) is 0 Å². The average molecular weight is 431 g/mol. The molecule has 23 heavy (non-hydrogen) atoms. The van der Waals surface area contributed by atoms with E-state index in [-0.39, 0.29) is 24.0 Å². The Morgan fingerprint density at radius 3 is 2.83 bits per heavy atom. The van der Waals surface area contributed by atoms with E-state index in [1.165, 1.54) is 17.7 Å². The van der Waals surface area contributed by atoms with E-state index < -0.39 is 0 Å². The summed E-state index contributed by atoms with van der Waals surface area (Å²) >= 11 is 0. The van der Waals surface area contributed by atoms with Gasteiger partial charge in [0.2, 0.25) is 0 Å². The molecule has 0 bridgehead atoms. The van der Waals surface area contributed by atoms with Crippen LogP contribution < -0.4 is 10.6 Å². The number of hydrogen-bond acceptors (Lipinski definition) is 2. The van der Waals surface area contributed by atoms with Crippen molar-refractivity contribution in [2.24, 2.45) is 16.8 Å². The molecule has 1 aromatic rings. The minimum atomic E-state index is 0. The molecule has 1 aromatic heterocycles. The van der Waals surface area contributed by atoms with Crippen molar-refractivity contribution in [3.8, 4) is 0 Å². The van der Waals surface area contributed by atoms with Gasteiger partial charge < -0.3 is 10.6 Å². The van der Waals surface area contributed by atoms with Crippen LogP contribution in [0.2, 0.25) is 0 Å². The summed E-state index contributed by atoms with van der Waals surface area (Å²) in [5.74, 6) is 2.65. The Morgan fingerprint density at radius 1 is 1.48 bits per heavy atom. The number of aliphatic imine (C=N–C) groups is 1. The molecule has 0 aliphatic heterocycles. The molecule has 3 atom stereocenters. The average Bonchev–Trinajstić information content (AvgIpc) is 3.03. The van der Waals surface area contributed by atoms with Crippen molar-refractivity contribution in [1.82, 2.24) is 20.4 Å². The van der Waals surface area contributed by atoms with Gasteiger partial charge in [-0.05, 0) is 50.5 Å². The van der Waals surface area contributed by atoms with Crippen LogP contribution >= 0.6 is 24.0 Å². The van der Waals surface area contributed by atoms with E-state index in [4.69, 9.17) is 5.10 Å². The summed E-state index contributed by atoms with van der Waals surface area (Å²) in [6.45, 7) is 7.72. The minimum Gasteiger partial charge on any atom is -0.356 e. The van der Waals surface area contributed by atoms with E-state index >= 15 is 0 Å². The maximum absolute atomic E-state index is 4.74. The highest BCUT2D eigenvalue weighted by Gasteiger charge is 2.32. The molecule has 2 aliphatic rings. The third-order valence-electron chi connectivity index (χ3n) is 5.00. The van der Waals surface area contributed by atoms with Gasteiger partial charge in [-0.2, -0.15) is 5.10 Å². The number of aryl methyl sites for hydroxylation is 1. The number of nitrogens with one attached hydrogen (secondary N) is 2. The Kier molecular flexibility index (Phi) is 6.33. The first-order valence-electron chi connectivity index (χ1n) is 8.61. The van der Waals surface area contributed by atoms with Gasteiger partial charge in [-0.3, -0.25) is 9.67 Å². The molecule has 0 saturated heterocycles. The smallest absolute Gasteiger partial charge is 0.191 e. The van der Waals surface area contributed by atoms with Gasteiger partial charge in [0, 0.05) is 38.3 Å². The first kappa shape index (κ1) is 18.5. The van der Waals surface area contributed by atoms with Crippen molar-refractivity contribution in [2.75, 3.05) is 13.6 Å². The SMILES string of the molecule is CN=C(NCC1CC1C)NC1CCc2cn(C(C)C)nc2C1.I. The van der Waals surface area contributed by atoms with Crippen LogP contribution in [0.15, 0.2) is 11.2 Å². The third kappa shape index (κ3) is 4.61. The van der Waals surface area contributed by atoms with Crippen LogP contribution in [-0.2, 0) is 12.8 Å². The van der Waals surface area contributed by atoms with E-state index in [9.17, 15) is 0 Å². The maximum atomic E-state index is 4.74. The number of fused-ring (bicyclic) bond motifs is 1. The number of halogens is 1.